The standard InChI is InChI=1S/C21H28N6O2/c1-20(2,3)24-19-22-17(25-9-8-21(4,28)12-25)16-18(23-19)26-11-13-6-7-14(29-5)10-15(13)27(16)26/h6-7,10,28H,8-9,11-12H2,1-5H3,(H,22,23,24)/t21-/m0/s1. The lowest BCUT2D eigenvalue weighted by molar-refractivity contribution is 0.0839. The molecule has 2 aromatic heterocycles. The number of aliphatic hydroxyl groups is 1. The van der Waals surface area contributed by atoms with Crippen molar-refractivity contribution in [2.45, 2.75) is 51.8 Å². The smallest absolute Gasteiger partial charge is 0.227 e. The second-order valence-corrected chi connectivity index (χ2v) is 9.45. The number of ether oxygens (including phenoxy) is 1. The predicted molar refractivity (Wildman–Crippen MR) is 113 cm³/mol. The lowest BCUT2D eigenvalue weighted by atomic mass is 10.1. The van der Waals surface area contributed by atoms with Gasteiger partial charge in [-0.2, -0.15) is 9.97 Å². The summed E-state index contributed by atoms with van der Waals surface area (Å²) in [6.07, 6.45) is 0.724. The number of hydrogen-bond donors (Lipinski definition) is 2. The highest BCUT2D eigenvalue weighted by atomic mass is 16.5. The number of methoxy groups -OCH3 is 1. The first kappa shape index (κ1) is 18.3. The monoisotopic (exact) mass is 396 g/mol. The zero-order chi connectivity index (χ0) is 20.6. The molecule has 1 aromatic carbocycles. The van der Waals surface area contributed by atoms with Gasteiger partial charge in [0.1, 0.15) is 5.75 Å². The topological polar surface area (TPSA) is 80.4 Å². The zero-order valence-electron chi connectivity index (χ0n) is 17.7. The van der Waals surface area contributed by atoms with Gasteiger partial charge < -0.3 is 20.1 Å². The molecule has 1 fully saturated rings. The number of aromatic nitrogens is 4. The van der Waals surface area contributed by atoms with E-state index >= 15 is 0 Å². The molecule has 0 radical (unpaired) electrons. The summed E-state index contributed by atoms with van der Waals surface area (Å²) in [4.78, 5) is 11.9. The molecule has 2 aliphatic rings. The Labute approximate surface area is 170 Å². The molecular weight excluding hydrogens is 368 g/mol. The molecule has 8 nitrogen and oxygen atoms in total. The molecule has 0 saturated carbocycles. The SMILES string of the molecule is COc1ccc2c(c1)-n1c3c(N4CC[C@](C)(O)C4)nc(NC(C)(C)C)nc3n1C2. The first-order valence-electron chi connectivity index (χ1n) is 10.1. The van der Waals surface area contributed by atoms with Crippen molar-refractivity contribution >= 4 is 22.9 Å². The summed E-state index contributed by atoms with van der Waals surface area (Å²) < 4.78 is 9.79. The van der Waals surface area contributed by atoms with E-state index in [0.29, 0.717) is 12.5 Å². The molecule has 0 spiro atoms. The van der Waals surface area contributed by atoms with E-state index in [-0.39, 0.29) is 5.54 Å². The third-order valence-electron chi connectivity index (χ3n) is 5.62. The second-order valence-electron chi connectivity index (χ2n) is 9.45. The maximum atomic E-state index is 10.5. The van der Waals surface area contributed by atoms with Crippen LogP contribution in [0.2, 0.25) is 0 Å². The highest BCUT2D eigenvalue weighted by Gasteiger charge is 2.37. The molecular formula is C21H28N6O2. The van der Waals surface area contributed by atoms with Crippen LogP contribution >= 0.6 is 0 Å². The lowest BCUT2D eigenvalue weighted by Crippen LogP contribution is -2.33. The Hall–Kier alpha value is -2.74. The van der Waals surface area contributed by atoms with Crippen LogP contribution in [0.4, 0.5) is 11.8 Å². The van der Waals surface area contributed by atoms with E-state index < -0.39 is 5.60 Å². The van der Waals surface area contributed by atoms with Gasteiger partial charge >= 0.3 is 0 Å². The summed E-state index contributed by atoms with van der Waals surface area (Å²) in [5.74, 6) is 2.31. The van der Waals surface area contributed by atoms with Crippen LogP contribution in [-0.4, -0.2) is 55.8 Å². The maximum Gasteiger partial charge on any atom is 0.227 e. The third kappa shape index (κ3) is 2.93. The van der Waals surface area contributed by atoms with Crippen LogP contribution in [0.5, 0.6) is 5.75 Å². The summed E-state index contributed by atoms with van der Waals surface area (Å²) in [6.45, 7) is 10.3. The van der Waals surface area contributed by atoms with Gasteiger partial charge in [-0.25, -0.2) is 4.68 Å². The minimum atomic E-state index is -0.703. The Bertz CT molecular complexity index is 1100. The molecule has 5 rings (SSSR count). The molecule has 154 valence electrons. The lowest BCUT2D eigenvalue weighted by Gasteiger charge is -2.28. The van der Waals surface area contributed by atoms with Crippen molar-refractivity contribution in [2.24, 2.45) is 0 Å². The molecule has 4 heterocycles. The van der Waals surface area contributed by atoms with Gasteiger partial charge in [-0.3, -0.25) is 4.68 Å². The third-order valence-corrected chi connectivity index (χ3v) is 5.62. The number of anilines is 2. The molecule has 0 bridgehead atoms. The molecule has 1 saturated heterocycles. The number of rotatable bonds is 3. The van der Waals surface area contributed by atoms with Crippen LogP contribution in [0, 0.1) is 0 Å². The summed E-state index contributed by atoms with van der Waals surface area (Å²) >= 11 is 0. The molecule has 2 N–H and O–H groups in total. The fraction of sp³-hybridized carbons (Fsp3) is 0.524. The van der Waals surface area contributed by atoms with E-state index in [1.807, 2.05) is 13.0 Å². The molecule has 0 unspecified atom stereocenters. The van der Waals surface area contributed by atoms with E-state index in [9.17, 15) is 5.11 Å². The van der Waals surface area contributed by atoms with Crippen molar-refractivity contribution < 1.29 is 9.84 Å². The van der Waals surface area contributed by atoms with Crippen molar-refractivity contribution in [3.8, 4) is 11.4 Å². The molecule has 0 amide bonds. The van der Waals surface area contributed by atoms with Crippen LogP contribution in [0.1, 0.15) is 39.7 Å². The van der Waals surface area contributed by atoms with E-state index in [0.717, 1.165) is 47.9 Å². The van der Waals surface area contributed by atoms with Gasteiger partial charge in [0, 0.05) is 24.7 Å². The van der Waals surface area contributed by atoms with Gasteiger partial charge in [0.25, 0.3) is 0 Å². The Kier molecular flexibility index (Phi) is 3.71. The van der Waals surface area contributed by atoms with Crippen LogP contribution in [0.25, 0.3) is 16.9 Å². The number of nitrogens with zero attached hydrogens (tertiary/aromatic N) is 5. The Morgan fingerprint density at radius 1 is 1.24 bits per heavy atom. The summed E-state index contributed by atoms with van der Waals surface area (Å²) in [5, 5.41) is 13.9. The largest absolute Gasteiger partial charge is 0.497 e. The molecule has 8 heteroatoms. The second kappa shape index (κ2) is 5.89. The Morgan fingerprint density at radius 3 is 2.69 bits per heavy atom. The zero-order valence-corrected chi connectivity index (χ0v) is 17.7. The van der Waals surface area contributed by atoms with E-state index in [1.165, 1.54) is 5.56 Å². The molecule has 3 aromatic rings. The van der Waals surface area contributed by atoms with Gasteiger partial charge in [0.15, 0.2) is 17.0 Å². The fourth-order valence-electron chi connectivity index (χ4n) is 4.27. The van der Waals surface area contributed by atoms with Gasteiger partial charge in [0.2, 0.25) is 5.95 Å². The number of benzene rings is 1. The van der Waals surface area contributed by atoms with Crippen LogP contribution in [-0.2, 0) is 6.54 Å². The molecule has 29 heavy (non-hydrogen) atoms. The Morgan fingerprint density at radius 2 is 2.03 bits per heavy atom. The number of hydrogen-bond acceptors (Lipinski definition) is 6. The Balaban J connectivity index is 1.68. The quantitative estimate of drug-likeness (QED) is 0.554. The molecule has 0 aliphatic carbocycles. The van der Waals surface area contributed by atoms with Gasteiger partial charge in [-0.15, -0.1) is 0 Å². The average molecular weight is 396 g/mol. The summed E-state index contributed by atoms with van der Waals surface area (Å²) in [6, 6.07) is 6.16. The van der Waals surface area contributed by atoms with Gasteiger partial charge in [0.05, 0.1) is 24.9 Å². The first-order chi connectivity index (χ1) is 13.6. The fourth-order valence-corrected chi connectivity index (χ4v) is 4.27. The van der Waals surface area contributed by atoms with Crippen LogP contribution < -0.4 is 15.0 Å². The normalized spacial score (nSPS) is 21.0. The minimum Gasteiger partial charge on any atom is -0.497 e. The van der Waals surface area contributed by atoms with E-state index in [1.54, 1.807) is 7.11 Å². The number of β-amino-alcohol motifs (C(OH)–C–C–N with tert-alkyl or cyclic N) is 1. The average Bonchev–Trinajstić information content (AvgIpc) is 3.15. The van der Waals surface area contributed by atoms with Gasteiger partial charge in [-0.1, -0.05) is 6.07 Å². The highest BCUT2D eigenvalue weighted by molar-refractivity contribution is 5.90. The number of fused-ring (bicyclic) bond motifs is 6. The van der Waals surface area contributed by atoms with E-state index in [2.05, 4.69) is 52.5 Å². The summed E-state index contributed by atoms with van der Waals surface area (Å²) in [7, 11) is 1.68. The predicted octanol–water partition coefficient (Wildman–Crippen LogP) is 2.76. The summed E-state index contributed by atoms with van der Waals surface area (Å²) in [5.41, 5.74) is 3.40. The minimum absolute atomic E-state index is 0.146. The van der Waals surface area contributed by atoms with E-state index in [4.69, 9.17) is 14.7 Å². The van der Waals surface area contributed by atoms with Crippen molar-refractivity contribution in [1.29, 1.82) is 0 Å². The van der Waals surface area contributed by atoms with Crippen molar-refractivity contribution in [1.82, 2.24) is 19.3 Å². The van der Waals surface area contributed by atoms with Crippen LogP contribution in [0.3, 0.4) is 0 Å². The highest BCUT2D eigenvalue weighted by Crippen LogP contribution is 2.40. The number of nitrogens with one attached hydrogen (secondary N) is 1. The molecule has 2 aliphatic heterocycles. The first-order valence-corrected chi connectivity index (χ1v) is 10.1. The maximum absolute atomic E-state index is 10.5. The van der Waals surface area contributed by atoms with Crippen molar-refractivity contribution in [3.63, 3.8) is 0 Å². The van der Waals surface area contributed by atoms with Gasteiger partial charge in [-0.05, 0) is 45.7 Å². The van der Waals surface area contributed by atoms with Crippen molar-refractivity contribution in [3.05, 3.63) is 23.8 Å². The van der Waals surface area contributed by atoms with Crippen molar-refractivity contribution in [2.75, 3.05) is 30.4 Å². The van der Waals surface area contributed by atoms with Crippen LogP contribution in [0.15, 0.2) is 18.2 Å². The molecule has 1 atom stereocenters.